The fourth-order valence-corrected chi connectivity index (χ4v) is 2.12. The van der Waals surface area contributed by atoms with Crippen LogP contribution in [0.2, 0.25) is 0 Å². The third-order valence-corrected chi connectivity index (χ3v) is 3.82. The van der Waals surface area contributed by atoms with Crippen molar-refractivity contribution >= 4 is 5.91 Å². The van der Waals surface area contributed by atoms with E-state index in [1.54, 1.807) is 6.92 Å². The molecular weight excluding hydrogens is 230 g/mol. The molecule has 0 saturated carbocycles. The van der Waals surface area contributed by atoms with Crippen molar-refractivity contribution in [2.45, 2.75) is 53.0 Å². The van der Waals surface area contributed by atoms with Gasteiger partial charge in [-0.1, -0.05) is 13.8 Å². The summed E-state index contributed by atoms with van der Waals surface area (Å²) < 4.78 is 5.46. The predicted octanol–water partition coefficient (Wildman–Crippen LogP) is 2.49. The molecule has 0 bridgehead atoms. The summed E-state index contributed by atoms with van der Waals surface area (Å²) >= 11 is 0. The minimum absolute atomic E-state index is 0.0549. The number of hydrogen-bond donors (Lipinski definition) is 2. The average molecular weight is 253 g/mol. The molecule has 0 unspecified atom stereocenters. The lowest BCUT2D eigenvalue weighted by Gasteiger charge is -2.30. The van der Waals surface area contributed by atoms with Crippen LogP contribution in [0.1, 0.15) is 54.1 Å². The molecule has 18 heavy (non-hydrogen) atoms. The van der Waals surface area contributed by atoms with E-state index in [4.69, 9.17) is 4.42 Å². The maximum absolute atomic E-state index is 12.3. The zero-order valence-corrected chi connectivity index (χ0v) is 11.9. The van der Waals surface area contributed by atoms with Gasteiger partial charge in [0.2, 0.25) is 0 Å². The number of hydrogen-bond acceptors (Lipinski definition) is 3. The molecular formula is C14H23NO3. The second-order valence-electron chi connectivity index (χ2n) is 4.81. The van der Waals surface area contributed by atoms with Crippen LogP contribution in [0.15, 0.2) is 4.42 Å². The Morgan fingerprint density at radius 3 is 2.11 bits per heavy atom. The van der Waals surface area contributed by atoms with Crippen LogP contribution in [0.5, 0.6) is 0 Å². The van der Waals surface area contributed by atoms with Crippen LogP contribution in [-0.2, 0) is 0 Å². The Bertz CT molecular complexity index is 422. The Morgan fingerprint density at radius 2 is 1.78 bits per heavy atom. The van der Waals surface area contributed by atoms with Crippen LogP contribution in [-0.4, -0.2) is 23.2 Å². The highest BCUT2D eigenvalue weighted by molar-refractivity contribution is 5.97. The second kappa shape index (κ2) is 5.57. The van der Waals surface area contributed by atoms with Gasteiger partial charge in [0.15, 0.2) is 0 Å². The first-order valence-corrected chi connectivity index (χ1v) is 6.40. The number of aryl methyl sites for hydroxylation is 2. The number of amides is 1. The van der Waals surface area contributed by atoms with Gasteiger partial charge < -0.3 is 14.8 Å². The fourth-order valence-electron chi connectivity index (χ4n) is 2.12. The van der Waals surface area contributed by atoms with Crippen LogP contribution in [0, 0.1) is 20.8 Å². The standard InChI is InChI=1S/C14H23NO3/c1-6-14(7-2,8-16)15-13(17)12-9(3)10(4)18-11(12)5/h16H,6-8H2,1-5H3,(H,15,17). The Balaban J connectivity index is 3.01. The molecule has 102 valence electrons. The molecule has 0 atom stereocenters. The molecule has 0 radical (unpaired) electrons. The van der Waals surface area contributed by atoms with Crippen LogP contribution in [0.25, 0.3) is 0 Å². The summed E-state index contributed by atoms with van der Waals surface area (Å²) in [6.45, 7) is 9.37. The van der Waals surface area contributed by atoms with E-state index in [0.717, 1.165) is 11.3 Å². The Morgan fingerprint density at radius 1 is 1.22 bits per heavy atom. The number of aliphatic hydroxyl groups excluding tert-OH is 1. The number of carbonyl (C=O) groups is 1. The van der Waals surface area contributed by atoms with E-state index in [1.807, 2.05) is 27.7 Å². The summed E-state index contributed by atoms with van der Waals surface area (Å²) in [5, 5.41) is 12.4. The molecule has 4 nitrogen and oxygen atoms in total. The van der Waals surface area contributed by atoms with Gasteiger partial charge in [0.05, 0.1) is 17.7 Å². The lowest BCUT2D eigenvalue weighted by atomic mass is 9.93. The number of aliphatic hydroxyl groups is 1. The Labute approximate surface area is 108 Å². The van der Waals surface area contributed by atoms with Gasteiger partial charge in [-0.3, -0.25) is 4.79 Å². The molecule has 0 aromatic carbocycles. The van der Waals surface area contributed by atoms with Gasteiger partial charge in [-0.25, -0.2) is 0 Å². The number of rotatable bonds is 5. The van der Waals surface area contributed by atoms with Crippen molar-refractivity contribution in [1.82, 2.24) is 5.32 Å². The Hall–Kier alpha value is -1.29. The van der Waals surface area contributed by atoms with Crippen LogP contribution in [0.3, 0.4) is 0 Å². The van der Waals surface area contributed by atoms with Gasteiger partial charge in [0, 0.05) is 5.56 Å². The molecule has 0 fully saturated rings. The summed E-state index contributed by atoms with van der Waals surface area (Å²) in [5.74, 6) is 1.22. The van der Waals surface area contributed by atoms with Crippen molar-refractivity contribution in [2.75, 3.05) is 6.61 Å². The van der Waals surface area contributed by atoms with Crippen LogP contribution >= 0.6 is 0 Å². The first-order chi connectivity index (χ1) is 8.40. The average Bonchev–Trinajstić information content (AvgIpc) is 2.60. The predicted molar refractivity (Wildman–Crippen MR) is 70.8 cm³/mol. The van der Waals surface area contributed by atoms with Gasteiger partial charge >= 0.3 is 0 Å². The lowest BCUT2D eigenvalue weighted by molar-refractivity contribution is 0.0816. The van der Waals surface area contributed by atoms with Gasteiger partial charge in [-0.2, -0.15) is 0 Å². The highest BCUT2D eigenvalue weighted by atomic mass is 16.3. The van der Waals surface area contributed by atoms with Crippen molar-refractivity contribution in [3.63, 3.8) is 0 Å². The minimum Gasteiger partial charge on any atom is -0.466 e. The van der Waals surface area contributed by atoms with E-state index < -0.39 is 5.54 Å². The molecule has 1 heterocycles. The molecule has 4 heteroatoms. The maximum Gasteiger partial charge on any atom is 0.255 e. The van der Waals surface area contributed by atoms with E-state index in [-0.39, 0.29) is 12.5 Å². The van der Waals surface area contributed by atoms with Gasteiger partial charge in [0.25, 0.3) is 5.91 Å². The van der Waals surface area contributed by atoms with Crippen LogP contribution < -0.4 is 5.32 Å². The molecule has 1 aromatic heterocycles. The van der Waals surface area contributed by atoms with Crippen molar-refractivity contribution in [1.29, 1.82) is 0 Å². The highest BCUT2D eigenvalue weighted by Crippen LogP contribution is 2.22. The quantitative estimate of drug-likeness (QED) is 0.847. The second-order valence-corrected chi connectivity index (χ2v) is 4.81. The topological polar surface area (TPSA) is 62.5 Å². The molecule has 1 rings (SSSR count). The molecule has 2 N–H and O–H groups in total. The van der Waals surface area contributed by atoms with E-state index in [9.17, 15) is 9.90 Å². The zero-order valence-electron chi connectivity index (χ0n) is 11.9. The highest BCUT2D eigenvalue weighted by Gasteiger charge is 2.29. The van der Waals surface area contributed by atoms with Crippen molar-refractivity contribution < 1.29 is 14.3 Å². The largest absolute Gasteiger partial charge is 0.466 e. The first kappa shape index (κ1) is 14.8. The minimum atomic E-state index is -0.541. The van der Waals surface area contributed by atoms with E-state index in [0.29, 0.717) is 24.2 Å². The summed E-state index contributed by atoms with van der Waals surface area (Å²) in [4.78, 5) is 12.3. The van der Waals surface area contributed by atoms with E-state index in [2.05, 4.69) is 5.32 Å². The van der Waals surface area contributed by atoms with Crippen molar-refractivity contribution in [3.8, 4) is 0 Å². The molecule has 0 aliphatic carbocycles. The number of furan rings is 1. The third kappa shape index (κ3) is 2.58. The summed E-state index contributed by atoms with van der Waals surface area (Å²) in [5.41, 5.74) is 0.914. The zero-order chi connectivity index (χ0) is 13.9. The van der Waals surface area contributed by atoms with Crippen LogP contribution in [0.4, 0.5) is 0 Å². The SMILES string of the molecule is CCC(CC)(CO)NC(=O)c1c(C)oc(C)c1C. The van der Waals surface area contributed by atoms with Gasteiger partial charge in [-0.05, 0) is 33.6 Å². The molecule has 1 aromatic rings. The normalized spacial score (nSPS) is 11.7. The molecule has 0 aliphatic rings. The number of carbonyl (C=O) groups excluding carboxylic acids is 1. The molecule has 0 spiro atoms. The Kier molecular flexibility index (Phi) is 4.57. The van der Waals surface area contributed by atoms with Gasteiger partial charge in [-0.15, -0.1) is 0 Å². The molecule has 0 aliphatic heterocycles. The monoisotopic (exact) mass is 253 g/mol. The van der Waals surface area contributed by atoms with E-state index >= 15 is 0 Å². The lowest BCUT2D eigenvalue weighted by Crippen LogP contribution is -2.50. The summed E-state index contributed by atoms with van der Waals surface area (Å²) in [6, 6.07) is 0. The molecule has 1 amide bonds. The summed E-state index contributed by atoms with van der Waals surface area (Å²) in [6.07, 6.45) is 1.39. The smallest absolute Gasteiger partial charge is 0.255 e. The van der Waals surface area contributed by atoms with Crippen molar-refractivity contribution in [2.24, 2.45) is 0 Å². The first-order valence-electron chi connectivity index (χ1n) is 6.40. The number of nitrogens with one attached hydrogen (secondary N) is 1. The third-order valence-electron chi connectivity index (χ3n) is 3.82. The molecule has 0 saturated heterocycles. The maximum atomic E-state index is 12.3. The summed E-state index contributed by atoms with van der Waals surface area (Å²) in [7, 11) is 0. The van der Waals surface area contributed by atoms with Crippen molar-refractivity contribution in [3.05, 3.63) is 22.6 Å². The van der Waals surface area contributed by atoms with E-state index in [1.165, 1.54) is 0 Å². The van der Waals surface area contributed by atoms with Gasteiger partial charge in [0.1, 0.15) is 11.5 Å². The fraction of sp³-hybridized carbons (Fsp3) is 0.643.